The van der Waals surface area contributed by atoms with Crippen molar-refractivity contribution in [3.63, 3.8) is 0 Å². The van der Waals surface area contributed by atoms with Gasteiger partial charge in [-0.2, -0.15) is 0 Å². The monoisotopic (exact) mass is 315 g/mol. The van der Waals surface area contributed by atoms with Crippen LogP contribution in [0.3, 0.4) is 0 Å². The van der Waals surface area contributed by atoms with Gasteiger partial charge in [-0.1, -0.05) is 30.3 Å². The van der Waals surface area contributed by atoms with Crippen molar-refractivity contribution in [3.05, 3.63) is 48.5 Å². The number of aromatic nitrogens is 2. The normalized spacial score (nSPS) is 12.1. The maximum absolute atomic E-state index is 12.2. The Hall–Kier alpha value is -2.18. The summed E-state index contributed by atoms with van der Waals surface area (Å²) in [6.45, 7) is 3.58. The van der Waals surface area contributed by atoms with Gasteiger partial charge >= 0.3 is 0 Å². The lowest BCUT2D eigenvalue weighted by atomic mass is 10.2. The first-order valence-corrected chi connectivity index (χ1v) is 8.51. The van der Waals surface area contributed by atoms with Crippen molar-refractivity contribution in [2.45, 2.75) is 24.8 Å². The molecule has 0 amide bonds. The minimum Gasteiger partial charge on any atom is -0.338 e. The highest BCUT2D eigenvalue weighted by molar-refractivity contribution is 7.89. The van der Waals surface area contributed by atoms with Crippen LogP contribution in [0.15, 0.2) is 53.4 Å². The van der Waals surface area contributed by atoms with Crippen molar-refractivity contribution in [1.82, 2.24) is 14.7 Å². The number of hydrogen-bond acceptors (Lipinski definition) is 3. The lowest BCUT2D eigenvalue weighted by Crippen LogP contribution is -2.30. The molecule has 1 aromatic heterocycles. The molecule has 0 atom stereocenters. The van der Waals surface area contributed by atoms with Crippen LogP contribution in [0.2, 0.25) is 0 Å². The molecule has 0 radical (unpaired) electrons. The molecule has 0 unspecified atom stereocenters. The third kappa shape index (κ3) is 2.88. The summed E-state index contributed by atoms with van der Waals surface area (Å²) in [5, 5.41) is 0. The van der Waals surface area contributed by atoms with E-state index in [0.29, 0.717) is 5.52 Å². The van der Waals surface area contributed by atoms with Gasteiger partial charge in [0.05, 0.1) is 15.9 Å². The Bertz CT molecular complexity index is 900. The van der Waals surface area contributed by atoms with Crippen LogP contribution in [0, 0.1) is 0 Å². The van der Waals surface area contributed by atoms with Gasteiger partial charge < -0.3 is 4.98 Å². The quantitative estimate of drug-likeness (QED) is 0.777. The molecule has 0 aliphatic carbocycles. The molecule has 5 nitrogen and oxygen atoms in total. The molecular formula is C16H17N3O2S. The standard InChI is InChI=1S/C16H17N3O2S/c1-11(2)19-22(20,21)13-8-9-14-15(10-13)18-16(17-14)12-6-4-3-5-7-12/h3-11,19H,1-2H3,(H,17,18). The van der Waals surface area contributed by atoms with Crippen LogP contribution in [0.4, 0.5) is 0 Å². The Kier molecular flexibility index (Phi) is 3.72. The highest BCUT2D eigenvalue weighted by Gasteiger charge is 2.16. The smallest absolute Gasteiger partial charge is 0.240 e. The second-order valence-electron chi connectivity index (χ2n) is 5.41. The fraction of sp³-hybridized carbons (Fsp3) is 0.188. The summed E-state index contributed by atoms with van der Waals surface area (Å²) >= 11 is 0. The van der Waals surface area contributed by atoms with Crippen LogP contribution in [-0.2, 0) is 10.0 Å². The van der Waals surface area contributed by atoms with Gasteiger partial charge in [0, 0.05) is 11.6 Å². The van der Waals surface area contributed by atoms with Crippen molar-refractivity contribution in [2.75, 3.05) is 0 Å². The van der Waals surface area contributed by atoms with E-state index in [-0.39, 0.29) is 10.9 Å². The number of aromatic amines is 1. The summed E-state index contributed by atoms with van der Waals surface area (Å²) in [5.41, 5.74) is 2.40. The third-order valence-electron chi connectivity index (χ3n) is 3.20. The molecule has 6 heteroatoms. The average molecular weight is 315 g/mol. The van der Waals surface area contributed by atoms with Gasteiger partial charge in [0.1, 0.15) is 5.82 Å². The van der Waals surface area contributed by atoms with Crippen LogP contribution in [0.1, 0.15) is 13.8 Å². The molecular weight excluding hydrogens is 298 g/mol. The minimum absolute atomic E-state index is 0.151. The van der Waals surface area contributed by atoms with E-state index >= 15 is 0 Å². The first kappa shape index (κ1) is 14.7. The van der Waals surface area contributed by atoms with Gasteiger partial charge in [0.25, 0.3) is 0 Å². The van der Waals surface area contributed by atoms with E-state index in [2.05, 4.69) is 14.7 Å². The molecule has 0 spiro atoms. The second kappa shape index (κ2) is 5.55. The lowest BCUT2D eigenvalue weighted by Gasteiger charge is -2.09. The molecule has 0 aliphatic rings. The van der Waals surface area contributed by atoms with Gasteiger partial charge in [-0.05, 0) is 32.0 Å². The van der Waals surface area contributed by atoms with E-state index in [0.717, 1.165) is 16.9 Å². The summed E-state index contributed by atoms with van der Waals surface area (Å²) in [7, 11) is -3.50. The highest BCUT2D eigenvalue weighted by Crippen LogP contribution is 2.22. The summed E-state index contributed by atoms with van der Waals surface area (Å²) < 4.78 is 27.0. The van der Waals surface area contributed by atoms with E-state index in [1.165, 1.54) is 0 Å². The zero-order valence-corrected chi connectivity index (χ0v) is 13.2. The van der Waals surface area contributed by atoms with Gasteiger partial charge in [-0.15, -0.1) is 0 Å². The predicted molar refractivity (Wildman–Crippen MR) is 87.0 cm³/mol. The second-order valence-corrected chi connectivity index (χ2v) is 7.12. The summed E-state index contributed by atoms with van der Waals surface area (Å²) in [4.78, 5) is 7.90. The molecule has 1 heterocycles. The zero-order valence-electron chi connectivity index (χ0n) is 12.4. The van der Waals surface area contributed by atoms with Crippen molar-refractivity contribution >= 4 is 21.1 Å². The topological polar surface area (TPSA) is 74.8 Å². The van der Waals surface area contributed by atoms with E-state index in [4.69, 9.17) is 0 Å². The number of benzene rings is 2. The molecule has 0 aliphatic heterocycles. The Morgan fingerprint density at radius 1 is 1.09 bits per heavy atom. The molecule has 3 rings (SSSR count). The molecule has 114 valence electrons. The fourth-order valence-corrected chi connectivity index (χ4v) is 3.54. The van der Waals surface area contributed by atoms with Crippen LogP contribution in [0.25, 0.3) is 22.4 Å². The maximum atomic E-state index is 12.2. The first-order chi connectivity index (χ1) is 10.5. The molecule has 2 aromatic carbocycles. The fourth-order valence-electron chi connectivity index (χ4n) is 2.27. The number of hydrogen-bond donors (Lipinski definition) is 2. The van der Waals surface area contributed by atoms with E-state index in [1.54, 1.807) is 32.0 Å². The summed E-state index contributed by atoms with van der Waals surface area (Å²) in [5.74, 6) is 0.724. The maximum Gasteiger partial charge on any atom is 0.240 e. The molecule has 2 N–H and O–H groups in total. The van der Waals surface area contributed by atoms with Gasteiger partial charge in [-0.25, -0.2) is 18.1 Å². The highest BCUT2D eigenvalue weighted by atomic mass is 32.2. The Morgan fingerprint density at radius 3 is 2.50 bits per heavy atom. The number of rotatable bonds is 4. The Morgan fingerprint density at radius 2 is 1.82 bits per heavy atom. The van der Waals surface area contributed by atoms with Crippen molar-refractivity contribution in [3.8, 4) is 11.4 Å². The van der Waals surface area contributed by atoms with E-state index in [1.807, 2.05) is 30.3 Å². The lowest BCUT2D eigenvalue weighted by molar-refractivity contribution is 0.570. The van der Waals surface area contributed by atoms with Gasteiger partial charge in [0.2, 0.25) is 10.0 Å². The van der Waals surface area contributed by atoms with Crippen LogP contribution < -0.4 is 4.72 Å². The van der Waals surface area contributed by atoms with Crippen molar-refractivity contribution in [2.24, 2.45) is 0 Å². The van der Waals surface area contributed by atoms with Crippen molar-refractivity contribution < 1.29 is 8.42 Å². The molecule has 0 bridgehead atoms. The number of sulfonamides is 1. The van der Waals surface area contributed by atoms with Crippen molar-refractivity contribution in [1.29, 1.82) is 0 Å². The van der Waals surface area contributed by atoms with E-state index < -0.39 is 10.0 Å². The molecule has 0 fully saturated rings. The van der Waals surface area contributed by atoms with Gasteiger partial charge in [0.15, 0.2) is 0 Å². The summed E-state index contributed by atoms with van der Waals surface area (Å²) in [6.07, 6.45) is 0. The van der Waals surface area contributed by atoms with Gasteiger partial charge in [-0.3, -0.25) is 0 Å². The summed E-state index contributed by atoms with van der Waals surface area (Å²) in [6, 6.07) is 14.5. The molecule has 0 saturated heterocycles. The Labute approximate surface area is 129 Å². The third-order valence-corrected chi connectivity index (χ3v) is 4.86. The largest absolute Gasteiger partial charge is 0.338 e. The zero-order chi connectivity index (χ0) is 15.7. The molecule has 0 saturated carbocycles. The molecule has 22 heavy (non-hydrogen) atoms. The molecule has 3 aromatic rings. The number of imidazole rings is 1. The number of nitrogens with one attached hydrogen (secondary N) is 2. The number of H-pyrrole nitrogens is 1. The minimum atomic E-state index is -3.50. The SMILES string of the molecule is CC(C)NS(=O)(=O)c1ccc2nc(-c3ccccc3)[nH]c2c1. The van der Waals surface area contributed by atoms with Crippen LogP contribution >= 0.6 is 0 Å². The first-order valence-electron chi connectivity index (χ1n) is 7.03. The number of fused-ring (bicyclic) bond motifs is 1. The predicted octanol–water partition coefficient (Wildman–Crippen LogP) is 2.92. The Balaban J connectivity index is 2.04. The number of nitrogens with zero attached hydrogens (tertiary/aromatic N) is 1. The average Bonchev–Trinajstić information content (AvgIpc) is 2.90. The van der Waals surface area contributed by atoms with Crippen LogP contribution in [-0.4, -0.2) is 24.4 Å². The van der Waals surface area contributed by atoms with E-state index in [9.17, 15) is 8.42 Å². The van der Waals surface area contributed by atoms with Crippen LogP contribution in [0.5, 0.6) is 0 Å².